The number of ketones is 1. The maximum Gasteiger partial charge on any atom is 0.264 e. The summed E-state index contributed by atoms with van der Waals surface area (Å²) in [4.78, 5) is 26.3. The molecule has 0 bridgehead atoms. The van der Waals surface area contributed by atoms with Gasteiger partial charge in [0, 0.05) is 21.2 Å². The van der Waals surface area contributed by atoms with Crippen molar-refractivity contribution < 1.29 is 18.0 Å². The van der Waals surface area contributed by atoms with Gasteiger partial charge in [0.15, 0.2) is 5.78 Å². The molecule has 4 aromatic rings. The number of carbonyl (C=O) groups excluding carboxylic acids is 2. The van der Waals surface area contributed by atoms with Gasteiger partial charge in [0.25, 0.3) is 10.0 Å². The molecular weight excluding hydrogens is 531 g/mol. The van der Waals surface area contributed by atoms with Gasteiger partial charge in [0.05, 0.1) is 16.3 Å². The molecule has 4 aromatic carbocycles. The van der Waals surface area contributed by atoms with Crippen LogP contribution in [0.5, 0.6) is 0 Å². The Morgan fingerprint density at radius 2 is 1.49 bits per heavy atom. The highest BCUT2D eigenvalue weighted by Gasteiger charge is 2.28. The molecule has 37 heavy (non-hydrogen) atoms. The Labute approximate surface area is 225 Å². The summed E-state index contributed by atoms with van der Waals surface area (Å²) in [5, 5.41) is 3.40. The quantitative estimate of drug-likeness (QED) is 0.257. The third kappa shape index (κ3) is 6.20. The van der Waals surface area contributed by atoms with Gasteiger partial charge < -0.3 is 5.32 Å². The van der Waals surface area contributed by atoms with Gasteiger partial charge in [-0.1, -0.05) is 65.7 Å². The molecule has 188 valence electrons. The maximum absolute atomic E-state index is 13.6. The van der Waals surface area contributed by atoms with Gasteiger partial charge in [0.1, 0.15) is 6.54 Å². The van der Waals surface area contributed by atoms with Crippen molar-refractivity contribution in [3.05, 3.63) is 124 Å². The maximum atomic E-state index is 13.6. The van der Waals surface area contributed by atoms with Gasteiger partial charge in [-0.25, -0.2) is 8.42 Å². The first-order valence-electron chi connectivity index (χ1n) is 11.2. The molecule has 6 nitrogen and oxygen atoms in total. The number of benzene rings is 4. The summed E-state index contributed by atoms with van der Waals surface area (Å²) in [6.45, 7) is 1.29. The number of nitrogens with zero attached hydrogens (tertiary/aromatic N) is 1. The number of anilines is 2. The SMILES string of the molecule is Cc1cccc(N(CC(=O)Nc2ccc(Cl)cc2C(=O)c2ccccc2)S(=O)(=O)c2ccc(Cl)cc2)c1. The minimum atomic E-state index is -4.13. The summed E-state index contributed by atoms with van der Waals surface area (Å²) >= 11 is 12.1. The summed E-state index contributed by atoms with van der Waals surface area (Å²) in [6, 6.07) is 25.6. The van der Waals surface area contributed by atoms with Crippen LogP contribution in [0, 0.1) is 6.92 Å². The standard InChI is InChI=1S/C28H22Cl2N2O4S/c1-19-6-5-9-23(16-19)32(37(35,36)24-13-10-21(29)11-14-24)18-27(33)31-26-15-12-22(30)17-25(26)28(34)20-7-3-2-4-8-20/h2-17H,18H2,1H3,(H,31,33). The molecule has 0 heterocycles. The van der Waals surface area contributed by atoms with Crippen LogP contribution in [0.15, 0.2) is 102 Å². The molecular formula is C28H22Cl2N2O4S. The summed E-state index contributed by atoms with van der Waals surface area (Å²) < 4.78 is 28.2. The van der Waals surface area contributed by atoms with Crippen LogP contribution in [-0.2, 0) is 14.8 Å². The lowest BCUT2D eigenvalue weighted by Gasteiger charge is -2.24. The lowest BCUT2D eigenvalue weighted by molar-refractivity contribution is -0.114. The van der Waals surface area contributed by atoms with Crippen molar-refractivity contribution >= 4 is 56.3 Å². The monoisotopic (exact) mass is 552 g/mol. The Kier molecular flexibility index (Phi) is 7.97. The van der Waals surface area contributed by atoms with Crippen molar-refractivity contribution in [2.45, 2.75) is 11.8 Å². The number of sulfonamides is 1. The van der Waals surface area contributed by atoms with Crippen LogP contribution in [-0.4, -0.2) is 26.7 Å². The predicted molar refractivity (Wildman–Crippen MR) is 147 cm³/mol. The number of amides is 1. The van der Waals surface area contributed by atoms with E-state index in [2.05, 4.69) is 5.32 Å². The lowest BCUT2D eigenvalue weighted by Crippen LogP contribution is -2.38. The molecule has 4 rings (SSSR count). The number of halogens is 2. The molecule has 0 aliphatic rings. The first-order valence-corrected chi connectivity index (χ1v) is 13.4. The van der Waals surface area contributed by atoms with E-state index in [-0.39, 0.29) is 21.9 Å². The minimum Gasteiger partial charge on any atom is -0.324 e. The Morgan fingerprint density at radius 1 is 0.811 bits per heavy atom. The van der Waals surface area contributed by atoms with Gasteiger partial charge in [-0.2, -0.15) is 0 Å². The zero-order chi connectivity index (χ0) is 26.6. The fourth-order valence-corrected chi connectivity index (χ4v) is 5.42. The van der Waals surface area contributed by atoms with Crippen molar-refractivity contribution in [1.82, 2.24) is 0 Å². The molecule has 9 heteroatoms. The zero-order valence-electron chi connectivity index (χ0n) is 19.7. The molecule has 0 aromatic heterocycles. The van der Waals surface area contributed by atoms with E-state index in [9.17, 15) is 18.0 Å². The van der Waals surface area contributed by atoms with Gasteiger partial charge >= 0.3 is 0 Å². The fourth-order valence-electron chi connectivity index (χ4n) is 3.71. The molecule has 0 saturated carbocycles. The van der Waals surface area contributed by atoms with Crippen molar-refractivity contribution in [3.8, 4) is 0 Å². The van der Waals surface area contributed by atoms with E-state index in [0.29, 0.717) is 21.3 Å². The lowest BCUT2D eigenvalue weighted by atomic mass is 10.0. The molecule has 1 N–H and O–H groups in total. The normalized spacial score (nSPS) is 11.1. The summed E-state index contributed by atoms with van der Waals surface area (Å²) in [7, 11) is -4.13. The van der Waals surface area contributed by atoms with Crippen molar-refractivity contribution in [2.24, 2.45) is 0 Å². The molecule has 0 spiro atoms. The number of nitrogens with one attached hydrogen (secondary N) is 1. The summed E-state index contributed by atoms with van der Waals surface area (Å²) in [5.74, 6) is -0.966. The third-order valence-corrected chi connectivity index (χ3v) is 7.79. The highest BCUT2D eigenvalue weighted by Crippen LogP contribution is 2.27. The molecule has 0 unspecified atom stereocenters. The molecule has 0 fully saturated rings. The van der Waals surface area contributed by atoms with E-state index in [0.717, 1.165) is 9.87 Å². The van der Waals surface area contributed by atoms with Gasteiger partial charge in [-0.15, -0.1) is 0 Å². The van der Waals surface area contributed by atoms with E-state index in [1.807, 2.05) is 13.0 Å². The van der Waals surface area contributed by atoms with Crippen LogP contribution in [0.3, 0.4) is 0 Å². The summed E-state index contributed by atoms with van der Waals surface area (Å²) in [5.41, 5.74) is 1.97. The molecule has 1 amide bonds. The number of rotatable bonds is 8. The smallest absolute Gasteiger partial charge is 0.264 e. The minimum absolute atomic E-state index is 0.0161. The van der Waals surface area contributed by atoms with E-state index >= 15 is 0 Å². The number of carbonyl (C=O) groups is 2. The first-order chi connectivity index (χ1) is 17.6. The molecule has 0 radical (unpaired) electrons. The Bertz CT molecular complexity index is 1560. The number of hydrogen-bond acceptors (Lipinski definition) is 4. The fraction of sp³-hybridized carbons (Fsp3) is 0.0714. The second-order valence-corrected chi connectivity index (χ2v) is 11.0. The molecule has 0 aliphatic heterocycles. The van der Waals surface area contributed by atoms with Crippen LogP contribution in [0.4, 0.5) is 11.4 Å². The highest BCUT2D eigenvalue weighted by atomic mass is 35.5. The largest absolute Gasteiger partial charge is 0.324 e. The van der Waals surface area contributed by atoms with Crippen LogP contribution in [0.25, 0.3) is 0 Å². The van der Waals surface area contributed by atoms with E-state index in [4.69, 9.17) is 23.2 Å². The Hall–Kier alpha value is -3.65. The number of hydrogen-bond donors (Lipinski definition) is 1. The summed E-state index contributed by atoms with van der Waals surface area (Å²) in [6.07, 6.45) is 0. The zero-order valence-corrected chi connectivity index (χ0v) is 22.0. The average molecular weight is 553 g/mol. The molecule has 0 aliphatic carbocycles. The predicted octanol–water partition coefficient (Wildman–Crippen LogP) is 6.37. The van der Waals surface area contributed by atoms with E-state index < -0.39 is 22.5 Å². The Balaban J connectivity index is 1.67. The molecule has 0 atom stereocenters. The van der Waals surface area contributed by atoms with E-state index in [1.165, 1.54) is 36.4 Å². The number of aryl methyl sites for hydroxylation is 1. The van der Waals surface area contributed by atoms with Crippen molar-refractivity contribution in [1.29, 1.82) is 0 Å². The third-order valence-electron chi connectivity index (χ3n) is 5.51. The van der Waals surface area contributed by atoms with Gasteiger partial charge in [0.2, 0.25) is 5.91 Å². The van der Waals surface area contributed by atoms with Crippen LogP contribution >= 0.6 is 23.2 Å². The second kappa shape index (κ2) is 11.2. The molecule has 0 saturated heterocycles. The van der Waals surface area contributed by atoms with Crippen molar-refractivity contribution in [2.75, 3.05) is 16.2 Å². The van der Waals surface area contributed by atoms with Gasteiger partial charge in [-0.3, -0.25) is 13.9 Å². The van der Waals surface area contributed by atoms with E-state index in [1.54, 1.807) is 54.6 Å². The topological polar surface area (TPSA) is 83.6 Å². The van der Waals surface area contributed by atoms with Crippen LogP contribution in [0.2, 0.25) is 10.0 Å². The second-order valence-electron chi connectivity index (χ2n) is 8.24. The Morgan fingerprint density at radius 3 is 2.16 bits per heavy atom. The van der Waals surface area contributed by atoms with Crippen molar-refractivity contribution in [3.63, 3.8) is 0 Å². The van der Waals surface area contributed by atoms with Crippen LogP contribution < -0.4 is 9.62 Å². The average Bonchev–Trinajstić information content (AvgIpc) is 2.88. The van der Waals surface area contributed by atoms with Gasteiger partial charge in [-0.05, 0) is 67.1 Å². The first kappa shape index (κ1) is 26.4. The van der Waals surface area contributed by atoms with Crippen LogP contribution in [0.1, 0.15) is 21.5 Å². The highest BCUT2D eigenvalue weighted by molar-refractivity contribution is 7.92.